The van der Waals surface area contributed by atoms with Gasteiger partial charge >= 0.3 is 25.3 Å². The molecule has 4 N–H and O–H groups in total. The predicted molar refractivity (Wildman–Crippen MR) is 140 cm³/mol. The highest BCUT2D eigenvalue weighted by Gasteiger charge is 2.60. The van der Waals surface area contributed by atoms with Gasteiger partial charge < -0.3 is 24.8 Å². The van der Waals surface area contributed by atoms with Crippen molar-refractivity contribution in [3.8, 4) is 5.75 Å². The number of ether oxygens (including phenoxy) is 2. The third-order valence-corrected chi connectivity index (χ3v) is 7.62. The molecule has 0 spiro atoms. The number of esters is 1. The van der Waals surface area contributed by atoms with Gasteiger partial charge in [-0.25, -0.2) is 13.8 Å². The van der Waals surface area contributed by atoms with Crippen LogP contribution in [0.15, 0.2) is 53.5 Å². The number of carbonyl (C=O) groups excluding carboxylic acids is 1. The summed E-state index contributed by atoms with van der Waals surface area (Å²) in [6.45, 7) is 3.58. The minimum absolute atomic E-state index is 0.0510. The van der Waals surface area contributed by atoms with E-state index in [0.717, 1.165) is 10.8 Å². The van der Waals surface area contributed by atoms with Crippen molar-refractivity contribution in [3.05, 3.63) is 65.0 Å². The van der Waals surface area contributed by atoms with Crippen molar-refractivity contribution in [2.45, 2.75) is 57.3 Å². The number of benzene rings is 2. The quantitative estimate of drug-likeness (QED) is 0.231. The number of nitrogen functional groups attached to an aromatic ring is 1. The number of alkyl halides is 2. The number of halogens is 3. The van der Waals surface area contributed by atoms with E-state index in [0.29, 0.717) is 6.20 Å². The average molecular weight is 600 g/mol. The number of nitrogens with zero attached hydrogens (tertiary/aromatic N) is 2. The summed E-state index contributed by atoms with van der Waals surface area (Å²) in [6.07, 6.45) is -7.08. The first-order valence-electron chi connectivity index (χ1n) is 12.4. The molecule has 0 bridgehead atoms. The summed E-state index contributed by atoms with van der Waals surface area (Å²) >= 11 is 0. The fraction of sp³-hybridized carbons (Fsp3) is 0.400. The molecule has 0 amide bonds. The van der Waals surface area contributed by atoms with E-state index in [-0.39, 0.29) is 10.3 Å². The molecule has 0 saturated carbocycles. The molecule has 222 valence electrons. The van der Waals surface area contributed by atoms with Crippen molar-refractivity contribution in [1.82, 2.24) is 14.6 Å². The zero-order valence-electron chi connectivity index (χ0n) is 22.1. The summed E-state index contributed by atoms with van der Waals surface area (Å²) in [5, 5.41) is 14.3. The molecule has 0 radical (unpaired) electrons. The maximum absolute atomic E-state index is 15.0. The zero-order chi connectivity index (χ0) is 30.1. The Kier molecular flexibility index (Phi) is 8.76. The Bertz CT molecular complexity index is 1540. The van der Waals surface area contributed by atoms with Gasteiger partial charge in [0.15, 0.2) is 17.7 Å². The zero-order valence-corrected chi connectivity index (χ0v) is 23.0. The Morgan fingerprint density at radius 2 is 1.93 bits per heavy atom. The highest BCUT2D eigenvalue weighted by molar-refractivity contribution is 7.52. The van der Waals surface area contributed by atoms with Crippen LogP contribution >= 0.6 is 7.75 Å². The van der Waals surface area contributed by atoms with E-state index >= 15 is 0 Å². The number of nitrogens with one attached hydrogen (secondary N) is 1. The number of anilines is 1. The molecule has 3 aromatic rings. The van der Waals surface area contributed by atoms with E-state index in [4.69, 9.17) is 24.3 Å². The van der Waals surface area contributed by atoms with Gasteiger partial charge in [0.05, 0.1) is 18.9 Å². The van der Waals surface area contributed by atoms with Crippen LogP contribution in [0.3, 0.4) is 0 Å². The molecule has 5 atom stereocenters. The molecule has 16 heteroatoms. The van der Waals surface area contributed by atoms with Gasteiger partial charge in [-0.3, -0.25) is 13.9 Å². The molecule has 0 aliphatic carbocycles. The van der Waals surface area contributed by atoms with Crippen molar-refractivity contribution in [2.24, 2.45) is 0 Å². The minimum atomic E-state index is -4.55. The summed E-state index contributed by atoms with van der Waals surface area (Å²) in [4.78, 5) is 27.6. The second-order valence-electron chi connectivity index (χ2n) is 9.54. The summed E-state index contributed by atoms with van der Waals surface area (Å²) in [7, 11) is -4.55. The number of aliphatic hydroxyl groups excluding tert-OH is 1. The van der Waals surface area contributed by atoms with Crippen LogP contribution < -0.4 is 21.0 Å². The largest absolute Gasteiger partial charge is 0.462 e. The average Bonchev–Trinajstić information content (AvgIpc) is 3.12. The van der Waals surface area contributed by atoms with Gasteiger partial charge in [0.1, 0.15) is 17.9 Å². The lowest BCUT2D eigenvalue weighted by molar-refractivity contribution is -0.149. The Balaban J connectivity index is 1.58. The maximum Gasteiger partial charge on any atom is 0.459 e. The van der Waals surface area contributed by atoms with Gasteiger partial charge in [-0.1, -0.05) is 30.3 Å². The lowest BCUT2D eigenvalue weighted by Gasteiger charge is -2.25. The fourth-order valence-corrected chi connectivity index (χ4v) is 5.47. The number of hydrogen-bond donors (Lipinski definition) is 3. The van der Waals surface area contributed by atoms with Crippen molar-refractivity contribution >= 4 is 30.3 Å². The lowest BCUT2D eigenvalue weighted by Crippen LogP contribution is -2.42. The number of nitrogens with two attached hydrogens (primary N) is 1. The standard InChI is InChI=1S/C25H28F3N4O8P/c1-13(2)38-22(34)14(3)31-41(36,40-17-9-8-15-6-4-5-7-16(15)10-17)37-12-19-20(33)25(27,28)23(39-19)32-11-18(26)21(29)30-24(32)35/h4-11,13-14,19-20,23,33H,12H2,1-3H3,(H,31,36)(H2,29,30,35). The summed E-state index contributed by atoms with van der Waals surface area (Å²) < 4.78 is 79.0. The molecule has 2 aromatic carbocycles. The van der Waals surface area contributed by atoms with Crippen molar-refractivity contribution in [1.29, 1.82) is 0 Å². The first-order chi connectivity index (χ1) is 19.2. The topological polar surface area (TPSA) is 164 Å². The van der Waals surface area contributed by atoms with Gasteiger partial charge in [-0.2, -0.15) is 18.9 Å². The molecule has 12 nitrogen and oxygen atoms in total. The number of hydrogen-bond acceptors (Lipinski definition) is 10. The third kappa shape index (κ3) is 6.71. The highest BCUT2D eigenvalue weighted by atomic mass is 31.2. The molecule has 2 heterocycles. The number of aliphatic hydroxyl groups is 1. The summed E-state index contributed by atoms with van der Waals surface area (Å²) in [5.74, 6) is -6.96. The highest BCUT2D eigenvalue weighted by Crippen LogP contribution is 2.48. The molecule has 1 aliphatic rings. The molecular weight excluding hydrogens is 572 g/mol. The monoisotopic (exact) mass is 600 g/mol. The fourth-order valence-electron chi connectivity index (χ4n) is 3.98. The third-order valence-electron chi connectivity index (χ3n) is 5.98. The molecule has 5 unspecified atom stereocenters. The molecule has 4 rings (SSSR count). The van der Waals surface area contributed by atoms with Crippen LogP contribution in [-0.2, 0) is 23.4 Å². The van der Waals surface area contributed by atoms with Crippen molar-refractivity contribution in [2.75, 3.05) is 12.3 Å². The molecule has 1 aromatic heterocycles. The van der Waals surface area contributed by atoms with Crippen LogP contribution in [0, 0.1) is 5.82 Å². The Hall–Kier alpha value is -3.49. The van der Waals surface area contributed by atoms with Crippen LogP contribution in [0.2, 0.25) is 0 Å². The first-order valence-corrected chi connectivity index (χ1v) is 13.9. The normalized spacial score (nSPS) is 22.4. The van der Waals surface area contributed by atoms with Gasteiger partial charge in [0.2, 0.25) is 6.23 Å². The second kappa shape index (κ2) is 11.8. The second-order valence-corrected chi connectivity index (χ2v) is 11.2. The SMILES string of the molecule is CC(C)OC(=O)C(C)NP(=O)(OCC1OC(n2cc(F)c(N)nc2=O)C(F)(F)C1O)Oc1ccc2ccccc2c1. The van der Waals surface area contributed by atoms with E-state index < -0.39 is 74.2 Å². The number of carbonyl (C=O) groups is 1. The summed E-state index contributed by atoms with van der Waals surface area (Å²) in [5.41, 5.74) is 3.85. The predicted octanol–water partition coefficient (Wildman–Crippen LogP) is 3.14. The van der Waals surface area contributed by atoms with Gasteiger partial charge in [0, 0.05) is 0 Å². The molecule has 1 fully saturated rings. The van der Waals surface area contributed by atoms with E-state index in [2.05, 4.69) is 10.1 Å². The molecular formula is C25H28F3N4O8P. The van der Waals surface area contributed by atoms with E-state index in [1.54, 1.807) is 38.1 Å². The number of fused-ring (bicyclic) bond motifs is 1. The van der Waals surface area contributed by atoms with Gasteiger partial charge in [-0.15, -0.1) is 0 Å². The Morgan fingerprint density at radius 1 is 1.24 bits per heavy atom. The van der Waals surface area contributed by atoms with Crippen LogP contribution in [-0.4, -0.2) is 57.5 Å². The smallest absolute Gasteiger partial charge is 0.459 e. The van der Waals surface area contributed by atoms with Gasteiger partial charge in [0.25, 0.3) is 0 Å². The molecule has 1 saturated heterocycles. The number of rotatable bonds is 10. The Morgan fingerprint density at radius 3 is 2.61 bits per heavy atom. The first kappa shape index (κ1) is 30.5. The van der Waals surface area contributed by atoms with E-state index in [1.165, 1.54) is 13.0 Å². The van der Waals surface area contributed by atoms with Crippen molar-refractivity contribution in [3.63, 3.8) is 0 Å². The van der Waals surface area contributed by atoms with Crippen molar-refractivity contribution < 1.29 is 46.2 Å². The number of aromatic nitrogens is 2. The lowest BCUT2D eigenvalue weighted by atomic mass is 10.1. The minimum Gasteiger partial charge on any atom is -0.462 e. The van der Waals surface area contributed by atoms with Gasteiger partial charge in [-0.05, 0) is 43.7 Å². The molecule has 1 aliphatic heterocycles. The van der Waals surface area contributed by atoms with Crippen LogP contribution in [0.5, 0.6) is 5.75 Å². The van der Waals surface area contributed by atoms with Crippen LogP contribution in [0.4, 0.5) is 19.0 Å². The Labute approximate surface area is 231 Å². The maximum atomic E-state index is 15.0. The van der Waals surface area contributed by atoms with E-state index in [1.807, 2.05) is 12.1 Å². The van der Waals surface area contributed by atoms with E-state index in [9.17, 15) is 32.4 Å². The summed E-state index contributed by atoms with van der Waals surface area (Å²) in [6, 6.07) is 10.7. The molecule has 41 heavy (non-hydrogen) atoms. The van der Waals surface area contributed by atoms with Crippen LogP contribution in [0.25, 0.3) is 10.8 Å². The van der Waals surface area contributed by atoms with Crippen LogP contribution in [0.1, 0.15) is 27.0 Å².